The number of carbonyl (C=O) groups is 2. The second-order valence-corrected chi connectivity index (χ2v) is 4.46. The number of methoxy groups -OCH3 is 1. The van der Waals surface area contributed by atoms with Gasteiger partial charge in [-0.25, -0.2) is 9.78 Å². The summed E-state index contributed by atoms with van der Waals surface area (Å²) in [6.45, 7) is 0.461. The van der Waals surface area contributed by atoms with Crippen LogP contribution in [-0.4, -0.2) is 35.8 Å². The fraction of sp³-hybridized carbons (Fsp3) is 0.364. The lowest BCUT2D eigenvalue weighted by atomic mass is 10.2. The number of esters is 1. The molecular weight excluding hydrogens is 240 g/mol. The number of carbonyl (C=O) groups excluding carboxylic acids is 2. The zero-order chi connectivity index (χ0) is 12.4. The maximum atomic E-state index is 11.7. The fourth-order valence-corrected chi connectivity index (χ4v) is 2.09. The maximum Gasteiger partial charge on any atom is 0.341 e. The van der Waals surface area contributed by atoms with Crippen molar-refractivity contribution in [1.82, 2.24) is 4.98 Å². The Morgan fingerprint density at radius 1 is 1.65 bits per heavy atom. The summed E-state index contributed by atoms with van der Waals surface area (Å²) >= 11 is 4.26. The predicted molar refractivity (Wildman–Crippen MR) is 65.3 cm³/mol. The van der Waals surface area contributed by atoms with Crippen LogP contribution >= 0.6 is 12.6 Å². The molecule has 1 amide bonds. The standard InChI is InChI=1S/C11H12N2O3S/c1-16-11(15)8-3-2-4-12-10(8)13-6-7(17)5-9(13)14/h2-4,7,17H,5-6H2,1H3. The fourth-order valence-electron chi connectivity index (χ4n) is 1.77. The number of hydrogen-bond donors (Lipinski definition) is 1. The molecule has 1 aromatic rings. The molecular formula is C11H12N2O3S. The molecule has 0 spiro atoms. The Morgan fingerprint density at radius 2 is 2.41 bits per heavy atom. The number of rotatable bonds is 2. The molecule has 2 rings (SSSR count). The highest BCUT2D eigenvalue weighted by Gasteiger charge is 2.31. The van der Waals surface area contributed by atoms with E-state index in [-0.39, 0.29) is 11.2 Å². The normalized spacial score (nSPS) is 19.5. The predicted octanol–water partition coefficient (Wildman–Crippen LogP) is 0.903. The number of anilines is 1. The molecule has 1 aromatic heterocycles. The molecule has 0 saturated carbocycles. The molecule has 1 aliphatic rings. The third-order valence-electron chi connectivity index (χ3n) is 2.55. The van der Waals surface area contributed by atoms with Crippen molar-refractivity contribution in [2.75, 3.05) is 18.6 Å². The second-order valence-electron chi connectivity index (χ2n) is 3.73. The van der Waals surface area contributed by atoms with Gasteiger partial charge in [-0.1, -0.05) is 0 Å². The average molecular weight is 252 g/mol. The second kappa shape index (κ2) is 4.75. The Balaban J connectivity index is 2.38. The van der Waals surface area contributed by atoms with Crippen LogP contribution in [0, 0.1) is 0 Å². The van der Waals surface area contributed by atoms with Crippen LogP contribution in [0.15, 0.2) is 18.3 Å². The number of aromatic nitrogens is 1. The number of thiol groups is 1. The van der Waals surface area contributed by atoms with Gasteiger partial charge >= 0.3 is 5.97 Å². The SMILES string of the molecule is COC(=O)c1cccnc1N1CC(S)CC1=O. The van der Waals surface area contributed by atoms with Crippen molar-refractivity contribution >= 4 is 30.3 Å². The van der Waals surface area contributed by atoms with Gasteiger partial charge in [-0.15, -0.1) is 0 Å². The van der Waals surface area contributed by atoms with Gasteiger partial charge in [-0.2, -0.15) is 12.6 Å². The molecule has 0 bridgehead atoms. The number of amides is 1. The average Bonchev–Trinajstić information content (AvgIpc) is 2.67. The minimum Gasteiger partial charge on any atom is -0.465 e. The van der Waals surface area contributed by atoms with Crippen molar-refractivity contribution in [2.24, 2.45) is 0 Å². The van der Waals surface area contributed by atoms with Gasteiger partial charge in [0.25, 0.3) is 0 Å². The first-order valence-electron chi connectivity index (χ1n) is 5.15. The maximum absolute atomic E-state index is 11.7. The third-order valence-corrected chi connectivity index (χ3v) is 2.90. The summed E-state index contributed by atoms with van der Waals surface area (Å²) in [6, 6.07) is 3.22. The topological polar surface area (TPSA) is 59.5 Å². The van der Waals surface area contributed by atoms with Gasteiger partial charge in [0.1, 0.15) is 11.4 Å². The van der Waals surface area contributed by atoms with Gasteiger partial charge in [-0.05, 0) is 12.1 Å². The highest BCUT2D eigenvalue weighted by molar-refractivity contribution is 7.81. The number of nitrogens with zero attached hydrogens (tertiary/aromatic N) is 2. The lowest BCUT2D eigenvalue weighted by molar-refractivity contribution is -0.117. The molecule has 5 nitrogen and oxygen atoms in total. The molecule has 0 N–H and O–H groups in total. The summed E-state index contributed by atoms with van der Waals surface area (Å²) in [5, 5.41) is -0.0185. The molecule has 0 radical (unpaired) electrons. The molecule has 1 atom stereocenters. The minimum absolute atomic E-state index is 0.0185. The zero-order valence-electron chi connectivity index (χ0n) is 9.29. The van der Waals surface area contributed by atoms with E-state index in [4.69, 9.17) is 0 Å². The molecule has 1 unspecified atom stereocenters. The van der Waals surface area contributed by atoms with Crippen molar-refractivity contribution in [1.29, 1.82) is 0 Å². The summed E-state index contributed by atoms with van der Waals surface area (Å²) < 4.78 is 4.66. The van der Waals surface area contributed by atoms with Crippen molar-refractivity contribution < 1.29 is 14.3 Å². The van der Waals surface area contributed by atoms with E-state index in [1.807, 2.05) is 0 Å². The first kappa shape index (κ1) is 11.9. The van der Waals surface area contributed by atoms with Crippen molar-refractivity contribution in [3.63, 3.8) is 0 Å². The molecule has 90 valence electrons. The Bertz CT molecular complexity index is 464. The van der Waals surface area contributed by atoms with E-state index < -0.39 is 5.97 Å². The largest absolute Gasteiger partial charge is 0.465 e. The van der Waals surface area contributed by atoms with E-state index >= 15 is 0 Å². The van der Waals surface area contributed by atoms with E-state index in [2.05, 4.69) is 22.3 Å². The molecule has 17 heavy (non-hydrogen) atoms. The molecule has 0 aliphatic carbocycles. The highest BCUT2D eigenvalue weighted by Crippen LogP contribution is 2.25. The lowest BCUT2D eigenvalue weighted by Gasteiger charge is -2.17. The number of ether oxygens (including phenoxy) is 1. The van der Waals surface area contributed by atoms with Crippen LogP contribution in [0.4, 0.5) is 5.82 Å². The van der Waals surface area contributed by atoms with Crippen LogP contribution in [0.25, 0.3) is 0 Å². The van der Waals surface area contributed by atoms with Gasteiger partial charge in [0.2, 0.25) is 5.91 Å². The van der Waals surface area contributed by atoms with Crippen LogP contribution in [0.5, 0.6) is 0 Å². The van der Waals surface area contributed by atoms with Crippen LogP contribution in [-0.2, 0) is 9.53 Å². The summed E-state index contributed by atoms with van der Waals surface area (Å²) in [5.41, 5.74) is 0.297. The van der Waals surface area contributed by atoms with Crippen molar-refractivity contribution in [3.8, 4) is 0 Å². The number of pyridine rings is 1. The molecule has 1 saturated heterocycles. The number of hydrogen-bond acceptors (Lipinski definition) is 5. The van der Waals surface area contributed by atoms with Gasteiger partial charge < -0.3 is 4.74 Å². The smallest absolute Gasteiger partial charge is 0.341 e. The van der Waals surface area contributed by atoms with E-state index in [9.17, 15) is 9.59 Å². The molecule has 0 aromatic carbocycles. The monoisotopic (exact) mass is 252 g/mol. The first-order chi connectivity index (χ1) is 8.13. The van der Waals surface area contributed by atoms with Gasteiger partial charge in [-0.3, -0.25) is 9.69 Å². The Kier molecular flexibility index (Phi) is 3.33. The quantitative estimate of drug-likeness (QED) is 0.627. The Hall–Kier alpha value is -1.56. The summed E-state index contributed by atoms with van der Waals surface area (Å²) in [7, 11) is 1.30. The van der Waals surface area contributed by atoms with Gasteiger partial charge in [0, 0.05) is 24.4 Å². The molecule has 1 fully saturated rings. The first-order valence-corrected chi connectivity index (χ1v) is 5.67. The Morgan fingerprint density at radius 3 is 3.00 bits per heavy atom. The summed E-state index contributed by atoms with van der Waals surface area (Å²) in [5.74, 6) is -0.224. The van der Waals surface area contributed by atoms with Crippen molar-refractivity contribution in [2.45, 2.75) is 11.7 Å². The van der Waals surface area contributed by atoms with Crippen LogP contribution < -0.4 is 4.90 Å². The van der Waals surface area contributed by atoms with Crippen LogP contribution in [0.1, 0.15) is 16.8 Å². The van der Waals surface area contributed by atoms with E-state index in [1.54, 1.807) is 18.3 Å². The molecule has 2 heterocycles. The van der Waals surface area contributed by atoms with Crippen LogP contribution in [0.2, 0.25) is 0 Å². The van der Waals surface area contributed by atoms with Crippen LogP contribution in [0.3, 0.4) is 0 Å². The van der Waals surface area contributed by atoms with E-state index in [0.717, 1.165) is 0 Å². The van der Waals surface area contributed by atoms with E-state index in [0.29, 0.717) is 24.3 Å². The van der Waals surface area contributed by atoms with Gasteiger partial charge in [0.15, 0.2) is 0 Å². The molecule has 6 heteroatoms. The third kappa shape index (κ3) is 2.26. The van der Waals surface area contributed by atoms with Crippen molar-refractivity contribution in [3.05, 3.63) is 23.9 Å². The highest BCUT2D eigenvalue weighted by atomic mass is 32.1. The Labute approximate surface area is 104 Å². The minimum atomic E-state index is -0.497. The molecule has 1 aliphatic heterocycles. The van der Waals surface area contributed by atoms with E-state index in [1.165, 1.54) is 12.0 Å². The lowest BCUT2D eigenvalue weighted by Crippen LogP contribution is -2.27. The zero-order valence-corrected chi connectivity index (χ0v) is 10.2. The summed E-state index contributed by atoms with van der Waals surface area (Å²) in [6.07, 6.45) is 1.90. The summed E-state index contributed by atoms with van der Waals surface area (Å²) in [4.78, 5) is 28.9. The van der Waals surface area contributed by atoms with Gasteiger partial charge in [0.05, 0.1) is 7.11 Å².